The molecular weight excluding hydrogens is 296 g/mol. The topological polar surface area (TPSA) is 49.8 Å². The molecule has 0 aromatic heterocycles. The Bertz CT molecular complexity index is 332. The van der Waals surface area contributed by atoms with Crippen LogP contribution in [0.2, 0.25) is 0 Å². The monoisotopic (exact) mass is 302 g/mol. The van der Waals surface area contributed by atoms with Crippen molar-refractivity contribution in [2.24, 2.45) is 0 Å². The van der Waals surface area contributed by atoms with Gasteiger partial charge in [0.2, 0.25) is 0 Å². The van der Waals surface area contributed by atoms with Gasteiger partial charge in [0.05, 0.1) is 11.8 Å². The third-order valence-corrected chi connectivity index (χ3v) is 2.98. The van der Waals surface area contributed by atoms with Crippen LogP contribution in [0.5, 0.6) is 0 Å². The van der Waals surface area contributed by atoms with E-state index in [2.05, 4.69) is 37.9 Å². The normalized spacial score (nSPS) is 9.62. The maximum atomic E-state index is 8.42. The van der Waals surface area contributed by atoms with Crippen molar-refractivity contribution in [1.82, 2.24) is 0 Å². The number of anilines is 1. The van der Waals surface area contributed by atoms with E-state index in [0.29, 0.717) is 12.1 Å². The zero-order valence-electron chi connectivity index (χ0n) is 6.85. The van der Waals surface area contributed by atoms with E-state index >= 15 is 0 Å². The number of nitrogens with zero attached hydrogens (tertiary/aromatic N) is 1. The molecule has 0 aliphatic heterocycles. The molecule has 0 fully saturated rings. The molecule has 0 saturated carbocycles. The smallest absolute Gasteiger partial charge is 0.0625 e. The summed E-state index contributed by atoms with van der Waals surface area (Å²) in [6, 6.07) is 5.99. The molecule has 68 valence electrons. The molecule has 0 atom stereocenters. The highest BCUT2D eigenvalue weighted by molar-refractivity contribution is 9.11. The molecule has 2 N–H and O–H groups in total. The fourth-order valence-electron chi connectivity index (χ4n) is 0.981. The third-order valence-electron chi connectivity index (χ3n) is 1.66. The van der Waals surface area contributed by atoms with E-state index in [-0.39, 0.29) is 0 Å². The molecule has 0 saturated heterocycles. The van der Waals surface area contributed by atoms with Crippen LogP contribution in [-0.4, -0.2) is 0 Å². The lowest BCUT2D eigenvalue weighted by Crippen LogP contribution is -1.91. The summed E-state index contributed by atoms with van der Waals surface area (Å²) in [5, 5.41) is 8.42. The molecule has 0 bridgehead atoms. The highest BCUT2D eigenvalue weighted by Gasteiger charge is 2.03. The van der Waals surface area contributed by atoms with E-state index in [1.807, 2.05) is 12.1 Å². The van der Waals surface area contributed by atoms with Crippen molar-refractivity contribution in [3.05, 3.63) is 26.6 Å². The molecule has 4 heteroatoms. The fraction of sp³-hybridized carbons (Fsp3) is 0.222. The van der Waals surface area contributed by atoms with Crippen molar-refractivity contribution >= 4 is 37.5 Å². The molecule has 0 spiro atoms. The van der Waals surface area contributed by atoms with Gasteiger partial charge in [-0.05, 0) is 56.0 Å². The second-order valence-corrected chi connectivity index (χ2v) is 4.34. The zero-order chi connectivity index (χ0) is 9.84. The van der Waals surface area contributed by atoms with Crippen LogP contribution in [0.4, 0.5) is 5.69 Å². The Balaban J connectivity index is 2.94. The van der Waals surface area contributed by atoms with Gasteiger partial charge in [0, 0.05) is 15.4 Å². The molecule has 1 aromatic carbocycles. The number of nitrogens with two attached hydrogens (primary N) is 1. The average molecular weight is 304 g/mol. The van der Waals surface area contributed by atoms with Crippen molar-refractivity contribution in [2.75, 3.05) is 5.73 Å². The first-order valence-electron chi connectivity index (χ1n) is 3.75. The lowest BCUT2D eigenvalue weighted by atomic mass is 10.1. The Labute approximate surface area is 94.0 Å². The summed E-state index contributed by atoms with van der Waals surface area (Å²) in [5.41, 5.74) is 7.52. The van der Waals surface area contributed by atoms with Gasteiger partial charge in [-0.1, -0.05) is 0 Å². The Morgan fingerprint density at radius 3 is 2.31 bits per heavy atom. The number of benzene rings is 1. The van der Waals surface area contributed by atoms with Crippen LogP contribution in [0.15, 0.2) is 21.1 Å². The minimum atomic E-state index is 0.531. The summed E-state index contributed by atoms with van der Waals surface area (Å²) in [4.78, 5) is 0. The SMILES string of the molecule is N#CCCc1cc(Br)c(N)c(Br)c1. The molecule has 0 heterocycles. The first kappa shape index (κ1) is 10.6. The minimum absolute atomic E-state index is 0.531. The lowest BCUT2D eigenvalue weighted by molar-refractivity contribution is 1.01. The number of aryl methyl sites for hydroxylation is 1. The Morgan fingerprint density at radius 2 is 1.85 bits per heavy atom. The quantitative estimate of drug-likeness (QED) is 0.853. The summed E-state index contributed by atoms with van der Waals surface area (Å²) in [5.74, 6) is 0. The van der Waals surface area contributed by atoms with Gasteiger partial charge in [-0.25, -0.2) is 0 Å². The molecule has 0 amide bonds. The number of hydrogen-bond donors (Lipinski definition) is 1. The maximum absolute atomic E-state index is 8.42. The van der Waals surface area contributed by atoms with Gasteiger partial charge in [-0.15, -0.1) is 0 Å². The Morgan fingerprint density at radius 1 is 1.31 bits per heavy atom. The molecule has 1 rings (SSSR count). The van der Waals surface area contributed by atoms with Gasteiger partial charge in [-0.3, -0.25) is 0 Å². The Hall–Kier alpha value is -0.530. The minimum Gasteiger partial charge on any atom is -0.397 e. The van der Waals surface area contributed by atoms with Crippen LogP contribution in [0, 0.1) is 11.3 Å². The van der Waals surface area contributed by atoms with Crippen molar-refractivity contribution in [2.45, 2.75) is 12.8 Å². The van der Waals surface area contributed by atoms with Gasteiger partial charge in [0.1, 0.15) is 0 Å². The maximum Gasteiger partial charge on any atom is 0.0625 e. The van der Waals surface area contributed by atoms with Crippen molar-refractivity contribution in [3.8, 4) is 6.07 Å². The van der Waals surface area contributed by atoms with Crippen LogP contribution in [0.1, 0.15) is 12.0 Å². The number of nitriles is 1. The fourth-order valence-corrected chi connectivity index (χ4v) is 2.26. The van der Waals surface area contributed by atoms with Gasteiger partial charge in [0.25, 0.3) is 0 Å². The van der Waals surface area contributed by atoms with Crippen molar-refractivity contribution in [1.29, 1.82) is 5.26 Å². The first-order chi connectivity index (χ1) is 6.15. The zero-order valence-corrected chi connectivity index (χ0v) is 10.0. The van der Waals surface area contributed by atoms with Crippen molar-refractivity contribution < 1.29 is 0 Å². The lowest BCUT2D eigenvalue weighted by Gasteiger charge is -2.04. The highest BCUT2D eigenvalue weighted by atomic mass is 79.9. The van der Waals surface area contributed by atoms with Gasteiger partial charge in [-0.2, -0.15) is 5.26 Å². The predicted octanol–water partition coefficient (Wildman–Crippen LogP) is 3.25. The molecule has 0 radical (unpaired) electrons. The summed E-state index contributed by atoms with van der Waals surface area (Å²) >= 11 is 6.70. The van der Waals surface area contributed by atoms with E-state index < -0.39 is 0 Å². The second-order valence-electron chi connectivity index (χ2n) is 2.63. The van der Waals surface area contributed by atoms with Crippen LogP contribution < -0.4 is 5.73 Å². The number of rotatable bonds is 2. The van der Waals surface area contributed by atoms with Gasteiger partial charge < -0.3 is 5.73 Å². The van der Waals surface area contributed by atoms with E-state index in [0.717, 1.165) is 20.9 Å². The molecule has 0 aliphatic rings. The standard InChI is InChI=1S/C9H8Br2N2/c10-7-4-6(2-1-3-12)5-8(11)9(7)13/h4-5H,1-2,13H2. The molecular formula is C9H8Br2N2. The highest BCUT2D eigenvalue weighted by Crippen LogP contribution is 2.29. The van der Waals surface area contributed by atoms with Crippen LogP contribution >= 0.6 is 31.9 Å². The third kappa shape index (κ3) is 2.71. The van der Waals surface area contributed by atoms with Crippen LogP contribution in [-0.2, 0) is 6.42 Å². The summed E-state index contributed by atoms with van der Waals surface area (Å²) in [6.45, 7) is 0. The van der Waals surface area contributed by atoms with Crippen molar-refractivity contribution in [3.63, 3.8) is 0 Å². The molecule has 1 aromatic rings. The molecule has 13 heavy (non-hydrogen) atoms. The van der Waals surface area contributed by atoms with E-state index in [9.17, 15) is 0 Å². The summed E-state index contributed by atoms with van der Waals surface area (Å²) in [7, 11) is 0. The van der Waals surface area contributed by atoms with E-state index in [1.54, 1.807) is 0 Å². The average Bonchev–Trinajstić information content (AvgIpc) is 2.10. The van der Waals surface area contributed by atoms with Crippen LogP contribution in [0.25, 0.3) is 0 Å². The largest absolute Gasteiger partial charge is 0.397 e. The second kappa shape index (κ2) is 4.64. The number of halogens is 2. The van der Waals surface area contributed by atoms with E-state index in [4.69, 9.17) is 11.0 Å². The predicted molar refractivity (Wildman–Crippen MR) is 60.2 cm³/mol. The van der Waals surface area contributed by atoms with Gasteiger partial charge in [0.15, 0.2) is 0 Å². The first-order valence-corrected chi connectivity index (χ1v) is 5.34. The summed E-state index contributed by atoms with van der Waals surface area (Å²) in [6.07, 6.45) is 1.29. The number of nitrogen functional groups attached to an aromatic ring is 1. The molecule has 2 nitrogen and oxygen atoms in total. The Kier molecular flexibility index (Phi) is 3.76. The number of hydrogen-bond acceptors (Lipinski definition) is 2. The van der Waals surface area contributed by atoms with Crippen LogP contribution in [0.3, 0.4) is 0 Å². The van der Waals surface area contributed by atoms with Gasteiger partial charge >= 0.3 is 0 Å². The summed E-state index contributed by atoms with van der Waals surface area (Å²) < 4.78 is 1.74. The molecule has 0 unspecified atom stereocenters. The molecule has 0 aliphatic carbocycles. The van der Waals surface area contributed by atoms with E-state index in [1.165, 1.54) is 0 Å².